The van der Waals surface area contributed by atoms with Crippen LogP contribution < -0.4 is 15.4 Å². The molecule has 0 saturated carbocycles. The Hall–Kier alpha value is -4.06. The first-order chi connectivity index (χ1) is 15.0. The number of para-hydroxylation sites is 1. The molecule has 156 valence electrons. The molecule has 0 saturated heterocycles. The van der Waals surface area contributed by atoms with Crippen molar-refractivity contribution >= 4 is 34.1 Å². The second-order valence-corrected chi connectivity index (χ2v) is 7.21. The molecule has 0 spiro atoms. The lowest BCUT2D eigenvalue weighted by Crippen LogP contribution is -2.18. The Morgan fingerprint density at radius 1 is 0.903 bits per heavy atom. The summed E-state index contributed by atoms with van der Waals surface area (Å²) in [6.07, 6.45) is 0. The van der Waals surface area contributed by atoms with Crippen LogP contribution in [0.5, 0.6) is 5.75 Å². The fraction of sp³-hybridized carbons (Fsp3) is 0.120. The summed E-state index contributed by atoms with van der Waals surface area (Å²) in [6.45, 7) is 2.00. The molecule has 2 amide bonds. The van der Waals surface area contributed by atoms with Crippen LogP contribution >= 0.6 is 0 Å². The number of benzene rings is 3. The highest BCUT2D eigenvalue weighted by molar-refractivity contribution is 6.07. The van der Waals surface area contributed by atoms with Gasteiger partial charge in [-0.3, -0.25) is 9.59 Å². The SMILES string of the molecule is COc1ccc(NC(C)=O)cc1NC(=O)c1cc2ccccc2n1Cc1ccccc1. The molecule has 1 aromatic heterocycles. The van der Waals surface area contributed by atoms with Crippen LogP contribution in [0.25, 0.3) is 10.9 Å². The number of aromatic nitrogens is 1. The molecular formula is C25H23N3O3. The second kappa shape index (κ2) is 8.75. The first-order valence-corrected chi connectivity index (χ1v) is 9.94. The van der Waals surface area contributed by atoms with Gasteiger partial charge in [-0.05, 0) is 35.9 Å². The maximum absolute atomic E-state index is 13.3. The molecule has 1 heterocycles. The number of anilines is 2. The van der Waals surface area contributed by atoms with Gasteiger partial charge in [0, 0.05) is 30.1 Å². The van der Waals surface area contributed by atoms with Crippen LogP contribution in [0.2, 0.25) is 0 Å². The summed E-state index contributed by atoms with van der Waals surface area (Å²) < 4.78 is 7.40. The van der Waals surface area contributed by atoms with Crippen LogP contribution in [-0.4, -0.2) is 23.5 Å². The van der Waals surface area contributed by atoms with E-state index in [1.807, 2.05) is 65.2 Å². The molecule has 0 fully saturated rings. The van der Waals surface area contributed by atoms with Gasteiger partial charge in [-0.25, -0.2) is 0 Å². The fourth-order valence-electron chi connectivity index (χ4n) is 3.61. The third-order valence-electron chi connectivity index (χ3n) is 4.99. The number of rotatable bonds is 6. The summed E-state index contributed by atoms with van der Waals surface area (Å²) in [5.74, 6) is 0.0593. The van der Waals surface area contributed by atoms with Crippen molar-refractivity contribution < 1.29 is 14.3 Å². The monoisotopic (exact) mass is 413 g/mol. The minimum atomic E-state index is -0.259. The van der Waals surface area contributed by atoms with Crippen molar-refractivity contribution in [3.8, 4) is 5.75 Å². The highest BCUT2D eigenvalue weighted by Crippen LogP contribution is 2.29. The highest BCUT2D eigenvalue weighted by Gasteiger charge is 2.18. The van der Waals surface area contributed by atoms with Gasteiger partial charge < -0.3 is 19.9 Å². The predicted molar refractivity (Wildman–Crippen MR) is 123 cm³/mol. The van der Waals surface area contributed by atoms with E-state index in [-0.39, 0.29) is 11.8 Å². The Bertz CT molecular complexity index is 1250. The van der Waals surface area contributed by atoms with E-state index in [0.717, 1.165) is 16.5 Å². The number of hydrogen-bond acceptors (Lipinski definition) is 3. The average Bonchev–Trinajstić information content (AvgIpc) is 3.13. The Labute approximate surface area is 180 Å². The smallest absolute Gasteiger partial charge is 0.272 e. The maximum Gasteiger partial charge on any atom is 0.272 e. The van der Waals surface area contributed by atoms with Gasteiger partial charge in [0.15, 0.2) is 0 Å². The van der Waals surface area contributed by atoms with Crippen molar-refractivity contribution in [2.75, 3.05) is 17.7 Å². The summed E-state index contributed by atoms with van der Waals surface area (Å²) >= 11 is 0. The van der Waals surface area contributed by atoms with E-state index >= 15 is 0 Å². The summed E-state index contributed by atoms with van der Waals surface area (Å²) in [6, 6.07) is 24.9. The molecule has 0 radical (unpaired) electrons. The lowest BCUT2D eigenvalue weighted by molar-refractivity contribution is -0.114. The lowest BCUT2D eigenvalue weighted by Gasteiger charge is -2.14. The summed E-state index contributed by atoms with van der Waals surface area (Å²) in [7, 11) is 1.54. The van der Waals surface area contributed by atoms with Gasteiger partial charge in [-0.2, -0.15) is 0 Å². The number of carbonyl (C=O) groups excluding carboxylic acids is 2. The van der Waals surface area contributed by atoms with E-state index in [4.69, 9.17) is 4.74 Å². The van der Waals surface area contributed by atoms with Crippen LogP contribution in [0.1, 0.15) is 23.0 Å². The number of nitrogens with one attached hydrogen (secondary N) is 2. The zero-order valence-corrected chi connectivity index (χ0v) is 17.4. The molecule has 31 heavy (non-hydrogen) atoms. The maximum atomic E-state index is 13.3. The number of ether oxygens (including phenoxy) is 1. The molecule has 3 aromatic carbocycles. The molecule has 0 atom stereocenters. The topological polar surface area (TPSA) is 72.4 Å². The van der Waals surface area contributed by atoms with E-state index in [1.165, 1.54) is 14.0 Å². The standard InChI is InChI=1S/C25H23N3O3/c1-17(29)26-20-12-13-24(31-2)21(15-20)27-25(30)23-14-19-10-6-7-11-22(19)28(23)16-18-8-4-3-5-9-18/h3-15H,16H2,1-2H3,(H,26,29)(H,27,30). The van der Waals surface area contributed by atoms with E-state index in [2.05, 4.69) is 10.6 Å². The lowest BCUT2D eigenvalue weighted by atomic mass is 10.2. The van der Waals surface area contributed by atoms with Gasteiger partial charge in [0.05, 0.1) is 12.8 Å². The van der Waals surface area contributed by atoms with Crippen molar-refractivity contribution in [1.82, 2.24) is 4.57 Å². The van der Waals surface area contributed by atoms with Crippen molar-refractivity contribution in [1.29, 1.82) is 0 Å². The van der Waals surface area contributed by atoms with Crippen LogP contribution in [-0.2, 0) is 11.3 Å². The van der Waals surface area contributed by atoms with Crippen molar-refractivity contribution in [2.45, 2.75) is 13.5 Å². The average molecular weight is 413 g/mol. The third kappa shape index (κ3) is 4.43. The number of nitrogens with zero attached hydrogens (tertiary/aromatic N) is 1. The van der Waals surface area contributed by atoms with E-state index in [1.54, 1.807) is 18.2 Å². The molecule has 6 heteroatoms. The first-order valence-electron chi connectivity index (χ1n) is 9.94. The molecule has 0 aliphatic carbocycles. The summed E-state index contributed by atoms with van der Waals surface area (Å²) in [5, 5.41) is 6.65. The number of fused-ring (bicyclic) bond motifs is 1. The first kappa shape index (κ1) is 20.2. The zero-order valence-electron chi connectivity index (χ0n) is 17.4. The van der Waals surface area contributed by atoms with Gasteiger partial charge in [0.2, 0.25) is 5.91 Å². The fourth-order valence-corrected chi connectivity index (χ4v) is 3.61. The number of carbonyl (C=O) groups is 2. The molecule has 0 aliphatic heterocycles. The number of methoxy groups -OCH3 is 1. The Morgan fingerprint density at radius 3 is 2.39 bits per heavy atom. The van der Waals surface area contributed by atoms with Gasteiger partial charge in [-0.15, -0.1) is 0 Å². The van der Waals surface area contributed by atoms with Crippen LogP contribution in [0.15, 0.2) is 78.9 Å². The number of amides is 2. The van der Waals surface area contributed by atoms with Gasteiger partial charge in [0.25, 0.3) is 5.91 Å². The molecular weight excluding hydrogens is 390 g/mol. The Kier molecular flexibility index (Phi) is 5.71. The largest absolute Gasteiger partial charge is 0.495 e. The van der Waals surface area contributed by atoms with Gasteiger partial charge in [0.1, 0.15) is 11.4 Å². The Balaban J connectivity index is 1.71. The normalized spacial score (nSPS) is 10.6. The minimum Gasteiger partial charge on any atom is -0.495 e. The van der Waals surface area contributed by atoms with Crippen molar-refractivity contribution in [3.05, 3.63) is 90.1 Å². The second-order valence-electron chi connectivity index (χ2n) is 7.21. The number of hydrogen-bond donors (Lipinski definition) is 2. The van der Waals surface area contributed by atoms with Crippen molar-refractivity contribution in [3.63, 3.8) is 0 Å². The van der Waals surface area contributed by atoms with E-state index < -0.39 is 0 Å². The molecule has 0 unspecified atom stereocenters. The van der Waals surface area contributed by atoms with Gasteiger partial charge >= 0.3 is 0 Å². The summed E-state index contributed by atoms with van der Waals surface area (Å²) in [5.41, 5.74) is 3.68. The van der Waals surface area contributed by atoms with Gasteiger partial charge in [-0.1, -0.05) is 48.5 Å². The highest BCUT2D eigenvalue weighted by atomic mass is 16.5. The molecule has 0 bridgehead atoms. The molecule has 4 aromatic rings. The summed E-state index contributed by atoms with van der Waals surface area (Å²) in [4.78, 5) is 24.7. The Morgan fingerprint density at radius 2 is 1.65 bits per heavy atom. The molecule has 4 rings (SSSR count). The van der Waals surface area contributed by atoms with Crippen LogP contribution in [0.3, 0.4) is 0 Å². The quantitative estimate of drug-likeness (QED) is 0.472. The predicted octanol–water partition coefficient (Wildman–Crippen LogP) is 4.91. The zero-order chi connectivity index (χ0) is 21.8. The third-order valence-corrected chi connectivity index (χ3v) is 4.99. The van der Waals surface area contributed by atoms with E-state index in [9.17, 15) is 9.59 Å². The molecule has 6 nitrogen and oxygen atoms in total. The van der Waals surface area contributed by atoms with Crippen LogP contribution in [0.4, 0.5) is 11.4 Å². The minimum absolute atomic E-state index is 0.189. The van der Waals surface area contributed by atoms with Crippen LogP contribution in [0, 0.1) is 0 Å². The molecule has 0 aliphatic rings. The van der Waals surface area contributed by atoms with Crippen molar-refractivity contribution in [2.24, 2.45) is 0 Å². The molecule has 2 N–H and O–H groups in total. The van der Waals surface area contributed by atoms with E-state index in [0.29, 0.717) is 29.4 Å².